The molecule has 2 unspecified atom stereocenters. The molecular weight excluding hydrogens is 448 g/mol. The van der Waals surface area contributed by atoms with E-state index in [-0.39, 0.29) is 11.6 Å². The summed E-state index contributed by atoms with van der Waals surface area (Å²) in [6, 6.07) is 34.2. The number of ketones is 2. The topological polar surface area (TPSA) is 52.6 Å². The predicted molar refractivity (Wildman–Crippen MR) is 135 cm³/mol. The first-order chi connectivity index (χ1) is 17.6. The molecule has 0 heterocycles. The molecule has 4 aromatic rings. The van der Waals surface area contributed by atoms with Crippen LogP contribution in [0.2, 0.25) is 0 Å². The van der Waals surface area contributed by atoms with Gasteiger partial charge in [0, 0.05) is 25.3 Å². The molecule has 0 spiro atoms. The molecule has 7 rings (SSSR count). The van der Waals surface area contributed by atoms with Crippen molar-refractivity contribution < 1.29 is 19.1 Å². The minimum Gasteiger partial charge on any atom is -0.371 e. The standard InChI is InChI=1S/C32H24O4/c1-35-30-24-18-10-9-17-23(24)29(27(33)21-13-5-3-6-14-21)31(30,28(34)22-15-7-4-8-16-22)32(29,36-2)26-20-12-11-19-25(26)30/h3-20H,1-2H3/t29?,30-,31+,32?/m1/s1. The van der Waals surface area contributed by atoms with E-state index in [2.05, 4.69) is 0 Å². The van der Waals surface area contributed by atoms with E-state index in [0.717, 1.165) is 22.3 Å². The number of hydrogen-bond donors (Lipinski definition) is 0. The molecule has 3 aliphatic rings. The number of ether oxygens (including phenoxy) is 2. The van der Waals surface area contributed by atoms with Gasteiger partial charge >= 0.3 is 0 Å². The summed E-state index contributed by atoms with van der Waals surface area (Å²) in [5.41, 5.74) is -0.622. The minimum absolute atomic E-state index is 0.130. The Hall–Kier alpha value is -3.86. The lowest BCUT2D eigenvalue weighted by atomic mass is 9.72. The third-order valence-electron chi connectivity index (χ3n) is 8.85. The molecule has 0 aromatic heterocycles. The second-order valence-electron chi connectivity index (χ2n) is 9.75. The number of methoxy groups -OCH3 is 2. The highest BCUT2D eigenvalue weighted by Crippen LogP contribution is 2.94. The van der Waals surface area contributed by atoms with E-state index < -0.39 is 22.0 Å². The Kier molecular flexibility index (Phi) is 4.09. The van der Waals surface area contributed by atoms with E-state index in [1.54, 1.807) is 14.2 Å². The third-order valence-corrected chi connectivity index (χ3v) is 8.85. The van der Waals surface area contributed by atoms with Crippen LogP contribution in [0.25, 0.3) is 0 Å². The van der Waals surface area contributed by atoms with Gasteiger partial charge in [0.15, 0.2) is 11.6 Å². The van der Waals surface area contributed by atoms with Crippen LogP contribution in [0.4, 0.5) is 0 Å². The molecule has 0 bridgehead atoms. The summed E-state index contributed by atoms with van der Waals surface area (Å²) in [5, 5.41) is 0. The Morgan fingerprint density at radius 3 is 1.50 bits per heavy atom. The lowest BCUT2D eigenvalue weighted by Gasteiger charge is -2.36. The SMILES string of the molecule is COC12c3ccccc3[C@]3(OC)c4ccccc4C1(C(=O)c1ccccc1)[C@]23C(=O)c1ccccc1. The second-order valence-corrected chi connectivity index (χ2v) is 9.75. The Balaban J connectivity index is 1.68. The number of benzene rings is 4. The van der Waals surface area contributed by atoms with E-state index in [0.29, 0.717) is 11.1 Å². The van der Waals surface area contributed by atoms with Crippen molar-refractivity contribution in [3.05, 3.63) is 143 Å². The molecule has 3 aliphatic carbocycles. The molecule has 0 N–H and O–H groups in total. The fourth-order valence-electron chi connectivity index (χ4n) is 7.95. The molecule has 0 aliphatic heterocycles. The smallest absolute Gasteiger partial charge is 0.178 e. The Labute approximate surface area is 209 Å². The monoisotopic (exact) mass is 472 g/mol. The number of hydrogen-bond acceptors (Lipinski definition) is 4. The van der Waals surface area contributed by atoms with E-state index in [9.17, 15) is 9.59 Å². The maximum Gasteiger partial charge on any atom is 0.178 e. The summed E-state index contributed by atoms with van der Waals surface area (Å²) in [5.74, 6) is -0.279. The number of carbonyl (C=O) groups is 2. The first kappa shape index (κ1) is 21.4. The van der Waals surface area contributed by atoms with Crippen molar-refractivity contribution in [2.45, 2.75) is 16.6 Å². The normalized spacial score (nSPS) is 30.3. The Bertz CT molecular complexity index is 1560. The zero-order chi connectivity index (χ0) is 24.8. The van der Waals surface area contributed by atoms with Gasteiger partial charge in [0.25, 0.3) is 0 Å². The summed E-state index contributed by atoms with van der Waals surface area (Å²) in [4.78, 5) is 29.8. The molecule has 0 radical (unpaired) electrons. The lowest BCUT2D eigenvalue weighted by Crippen LogP contribution is -2.45. The van der Waals surface area contributed by atoms with Crippen LogP contribution in [-0.4, -0.2) is 25.8 Å². The number of fused-ring (bicyclic) bond motifs is 7. The molecule has 4 aromatic carbocycles. The van der Waals surface area contributed by atoms with Crippen LogP contribution in [0.1, 0.15) is 43.0 Å². The first-order valence-corrected chi connectivity index (χ1v) is 12.1. The summed E-state index contributed by atoms with van der Waals surface area (Å²) >= 11 is 0. The lowest BCUT2D eigenvalue weighted by molar-refractivity contribution is -0.0553. The third kappa shape index (κ3) is 1.83. The molecule has 36 heavy (non-hydrogen) atoms. The fourth-order valence-corrected chi connectivity index (χ4v) is 7.95. The van der Waals surface area contributed by atoms with Crippen molar-refractivity contribution in [3.63, 3.8) is 0 Å². The average molecular weight is 473 g/mol. The number of carbonyl (C=O) groups excluding carboxylic acids is 2. The molecule has 0 saturated heterocycles. The maximum absolute atomic E-state index is 15.0. The molecule has 0 amide bonds. The van der Waals surface area contributed by atoms with Crippen LogP contribution in [-0.2, 0) is 26.1 Å². The molecule has 4 heteroatoms. The minimum atomic E-state index is -1.35. The summed E-state index contributed by atoms with van der Waals surface area (Å²) in [6.45, 7) is 0. The van der Waals surface area contributed by atoms with E-state index >= 15 is 0 Å². The van der Waals surface area contributed by atoms with Gasteiger partial charge < -0.3 is 9.47 Å². The van der Waals surface area contributed by atoms with Crippen LogP contribution >= 0.6 is 0 Å². The zero-order valence-electron chi connectivity index (χ0n) is 20.0. The van der Waals surface area contributed by atoms with Crippen molar-refractivity contribution in [3.8, 4) is 0 Å². The van der Waals surface area contributed by atoms with Gasteiger partial charge in [-0.25, -0.2) is 0 Å². The summed E-state index contributed by atoms with van der Waals surface area (Å²) in [6.07, 6.45) is 0. The van der Waals surface area contributed by atoms with Gasteiger partial charge in [-0.15, -0.1) is 0 Å². The van der Waals surface area contributed by atoms with Crippen molar-refractivity contribution in [1.29, 1.82) is 0 Å². The Morgan fingerprint density at radius 2 is 0.972 bits per heavy atom. The van der Waals surface area contributed by atoms with E-state index in [4.69, 9.17) is 9.47 Å². The van der Waals surface area contributed by atoms with Crippen LogP contribution < -0.4 is 0 Å². The zero-order valence-corrected chi connectivity index (χ0v) is 20.0. The number of Topliss-reactive ketones (excluding diaryl/α,β-unsaturated/α-hetero) is 2. The highest BCUT2D eigenvalue weighted by molar-refractivity contribution is 6.23. The van der Waals surface area contributed by atoms with Crippen LogP contribution in [0, 0.1) is 5.41 Å². The van der Waals surface area contributed by atoms with Crippen molar-refractivity contribution >= 4 is 11.6 Å². The Morgan fingerprint density at radius 1 is 0.528 bits per heavy atom. The molecule has 1 fully saturated rings. The first-order valence-electron chi connectivity index (χ1n) is 12.1. The summed E-state index contributed by atoms with van der Waals surface area (Å²) < 4.78 is 13.0. The van der Waals surface area contributed by atoms with Crippen LogP contribution in [0.5, 0.6) is 0 Å². The largest absolute Gasteiger partial charge is 0.371 e. The molecular formula is C32H24O4. The average Bonchev–Trinajstić information content (AvgIpc) is 3.36. The van der Waals surface area contributed by atoms with Crippen LogP contribution in [0.15, 0.2) is 109 Å². The molecule has 176 valence electrons. The van der Waals surface area contributed by atoms with Crippen molar-refractivity contribution in [1.82, 2.24) is 0 Å². The van der Waals surface area contributed by atoms with Gasteiger partial charge in [-0.1, -0.05) is 109 Å². The quantitative estimate of drug-likeness (QED) is 0.350. The van der Waals surface area contributed by atoms with Gasteiger partial charge in [-0.05, 0) is 22.3 Å². The highest BCUT2D eigenvalue weighted by atomic mass is 16.5. The second kappa shape index (κ2) is 6.88. The predicted octanol–water partition coefficient (Wildman–Crippen LogP) is 5.45. The van der Waals surface area contributed by atoms with Gasteiger partial charge in [-0.3, -0.25) is 9.59 Å². The molecule has 4 atom stereocenters. The van der Waals surface area contributed by atoms with Gasteiger partial charge in [-0.2, -0.15) is 0 Å². The molecule has 1 saturated carbocycles. The maximum atomic E-state index is 15.0. The van der Waals surface area contributed by atoms with Gasteiger partial charge in [0.05, 0.1) is 0 Å². The summed E-state index contributed by atoms with van der Waals surface area (Å²) in [7, 11) is 3.25. The highest BCUT2D eigenvalue weighted by Gasteiger charge is 3.06. The van der Waals surface area contributed by atoms with Crippen molar-refractivity contribution in [2.24, 2.45) is 5.41 Å². The van der Waals surface area contributed by atoms with Gasteiger partial charge in [0.1, 0.15) is 22.0 Å². The fraction of sp³-hybridized carbons (Fsp3) is 0.188. The van der Waals surface area contributed by atoms with Crippen molar-refractivity contribution in [2.75, 3.05) is 14.2 Å². The molecule has 4 nitrogen and oxygen atoms in total. The van der Waals surface area contributed by atoms with Crippen LogP contribution in [0.3, 0.4) is 0 Å². The van der Waals surface area contributed by atoms with Gasteiger partial charge in [0.2, 0.25) is 0 Å². The number of rotatable bonds is 6. The van der Waals surface area contributed by atoms with E-state index in [1.165, 1.54) is 0 Å². The van der Waals surface area contributed by atoms with E-state index in [1.807, 2.05) is 109 Å².